The van der Waals surface area contributed by atoms with Gasteiger partial charge in [0.2, 0.25) is 0 Å². The van der Waals surface area contributed by atoms with Crippen molar-refractivity contribution >= 4 is 5.97 Å². The number of hydrogen-bond acceptors (Lipinski definition) is 3. The molecule has 4 heteroatoms. The highest BCUT2D eigenvalue weighted by Crippen LogP contribution is 2.38. The quantitative estimate of drug-likeness (QED) is 0.357. The van der Waals surface area contributed by atoms with Gasteiger partial charge in [0.1, 0.15) is 0 Å². The van der Waals surface area contributed by atoms with Crippen molar-refractivity contribution < 1.29 is 14.6 Å². The minimum absolute atomic E-state index is 0.212. The summed E-state index contributed by atoms with van der Waals surface area (Å²) in [7, 11) is 0. The lowest BCUT2D eigenvalue weighted by molar-refractivity contribution is -0.136. The summed E-state index contributed by atoms with van der Waals surface area (Å²) in [6.45, 7) is 5.46. The van der Waals surface area contributed by atoms with Gasteiger partial charge in [-0.2, -0.15) is 0 Å². The van der Waals surface area contributed by atoms with Crippen LogP contribution in [0.4, 0.5) is 0 Å². The van der Waals surface area contributed by atoms with E-state index >= 15 is 0 Å². The lowest BCUT2D eigenvalue weighted by Crippen LogP contribution is -2.44. The van der Waals surface area contributed by atoms with Crippen LogP contribution in [-0.4, -0.2) is 41.2 Å². The van der Waals surface area contributed by atoms with Gasteiger partial charge in [0.05, 0.1) is 12.7 Å². The maximum absolute atomic E-state index is 10.7. The summed E-state index contributed by atoms with van der Waals surface area (Å²) in [5, 5.41) is 8.85. The molecule has 1 saturated carbocycles. The zero-order valence-corrected chi connectivity index (χ0v) is 21.1. The molecule has 1 saturated heterocycles. The molecule has 0 aromatic heterocycles. The molecule has 0 amide bonds. The number of likely N-dealkylation sites (tertiary alicyclic amines) is 1. The number of allylic oxidation sites excluding steroid dienone is 2. The maximum atomic E-state index is 10.7. The first-order valence-corrected chi connectivity index (χ1v) is 13.5. The standard InChI is InChI=1S/C31H41NO3/c1-24-19-21-32(22-20-24)29-17-18-30(28(29)11-7-2-3-8-12-31(33)34)35-23-25-13-15-27(16-14-25)26-9-5-4-6-10-26/h2-6,9-10,13-16,24,28-30H,7-8,11-12,17-23H2,1H3,(H,33,34). The van der Waals surface area contributed by atoms with E-state index in [9.17, 15) is 4.79 Å². The van der Waals surface area contributed by atoms with E-state index in [0.29, 0.717) is 31.1 Å². The van der Waals surface area contributed by atoms with E-state index in [1.165, 1.54) is 49.0 Å². The van der Waals surface area contributed by atoms with Crippen molar-refractivity contribution in [1.82, 2.24) is 4.90 Å². The van der Waals surface area contributed by atoms with Crippen molar-refractivity contribution in [3.63, 3.8) is 0 Å². The van der Waals surface area contributed by atoms with Crippen molar-refractivity contribution in [2.75, 3.05) is 13.1 Å². The van der Waals surface area contributed by atoms with Gasteiger partial charge >= 0.3 is 5.97 Å². The highest BCUT2D eigenvalue weighted by atomic mass is 16.5. The molecule has 2 aromatic carbocycles. The van der Waals surface area contributed by atoms with Gasteiger partial charge in [-0.25, -0.2) is 0 Å². The van der Waals surface area contributed by atoms with Crippen LogP contribution in [0.1, 0.15) is 63.9 Å². The number of carboxylic acid groups (broad SMARTS) is 1. The first-order chi connectivity index (χ1) is 17.1. The number of benzene rings is 2. The van der Waals surface area contributed by atoms with Crippen LogP contribution < -0.4 is 0 Å². The summed E-state index contributed by atoms with van der Waals surface area (Å²) in [5.74, 6) is 0.653. The molecule has 3 atom stereocenters. The summed E-state index contributed by atoms with van der Waals surface area (Å²) in [5.41, 5.74) is 3.71. The zero-order valence-electron chi connectivity index (χ0n) is 21.1. The first-order valence-electron chi connectivity index (χ1n) is 13.5. The third-order valence-corrected chi connectivity index (χ3v) is 7.89. The SMILES string of the molecule is CC1CCN(C2CCC(OCc3ccc(-c4ccccc4)cc3)C2CCC=CCCC(=O)O)CC1. The van der Waals surface area contributed by atoms with Crippen LogP contribution >= 0.6 is 0 Å². The second-order valence-electron chi connectivity index (χ2n) is 10.4. The van der Waals surface area contributed by atoms with E-state index in [2.05, 4.69) is 66.4 Å². The first kappa shape index (κ1) is 25.7. The summed E-state index contributed by atoms with van der Waals surface area (Å²) in [6.07, 6.45) is 12.4. The fourth-order valence-corrected chi connectivity index (χ4v) is 5.77. The number of ether oxygens (including phenoxy) is 1. The van der Waals surface area contributed by atoms with Crippen molar-refractivity contribution in [1.29, 1.82) is 0 Å². The Morgan fingerprint density at radius 3 is 2.34 bits per heavy atom. The van der Waals surface area contributed by atoms with E-state index in [1.807, 2.05) is 12.1 Å². The Balaban J connectivity index is 1.34. The molecule has 2 aromatic rings. The van der Waals surface area contributed by atoms with Crippen molar-refractivity contribution in [3.8, 4) is 11.1 Å². The van der Waals surface area contributed by atoms with E-state index in [1.54, 1.807) is 0 Å². The van der Waals surface area contributed by atoms with Crippen molar-refractivity contribution in [2.24, 2.45) is 11.8 Å². The number of nitrogens with zero attached hydrogens (tertiary/aromatic N) is 1. The molecule has 0 radical (unpaired) electrons. The molecule has 4 nitrogen and oxygen atoms in total. The molecule has 1 heterocycles. The van der Waals surface area contributed by atoms with Gasteiger partial charge in [0.25, 0.3) is 0 Å². The molecule has 2 aliphatic rings. The number of rotatable bonds is 11. The lowest BCUT2D eigenvalue weighted by atomic mass is 9.91. The predicted octanol–water partition coefficient (Wildman–Crippen LogP) is 6.95. The van der Waals surface area contributed by atoms with Crippen LogP contribution in [0.25, 0.3) is 11.1 Å². The molecule has 0 spiro atoms. The number of hydrogen-bond donors (Lipinski definition) is 1. The van der Waals surface area contributed by atoms with Gasteiger partial charge < -0.3 is 9.84 Å². The topological polar surface area (TPSA) is 49.8 Å². The Bertz CT molecular complexity index is 931. The van der Waals surface area contributed by atoms with Crippen molar-refractivity contribution in [2.45, 2.75) is 77.0 Å². The van der Waals surface area contributed by atoms with Crippen molar-refractivity contribution in [3.05, 3.63) is 72.3 Å². The second-order valence-corrected chi connectivity index (χ2v) is 10.4. The van der Waals surface area contributed by atoms with Gasteiger partial charge in [-0.3, -0.25) is 9.69 Å². The number of carbonyl (C=O) groups is 1. The molecule has 4 rings (SSSR count). The maximum Gasteiger partial charge on any atom is 0.303 e. The Morgan fingerprint density at radius 2 is 1.63 bits per heavy atom. The van der Waals surface area contributed by atoms with E-state index in [4.69, 9.17) is 9.84 Å². The molecular formula is C31H41NO3. The fraction of sp³-hybridized carbons (Fsp3) is 0.516. The minimum Gasteiger partial charge on any atom is -0.481 e. The molecule has 35 heavy (non-hydrogen) atoms. The minimum atomic E-state index is -0.727. The molecule has 2 fully saturated rings. The predicted molar refractivity (Wildman–Crippen MR) is 142 cm³/mol. The normalized spacial score (nSPS) is 23.7. The third kappa shape index (κ3) is 7.52. The zero-order chi connectivity index (χ0) is 24.5. The number of carboxylic acids is 1. The van der Waals surface area contributed by atoms with E-state index in [-0.39, 0.29) is 6.42 Å². The summed E-state index contributed by atoms with van der Waals surface area (Å²) >= 11 is 0. The molecule has 188 valence electrons. The van der Waals surface area contributed by atoms with Crippen LogP contribution in [0.3, 0.4) is 0 Å². The van der Waals surface area contributed by atoms with Crippen LogP contribution in [-0.2, 0) is 16.1 Å². The average Bonchev–Trinajstić information content (AvgIpc) is 3.28. The largest absolute Gasteiger partial charge is 0.481 e. The molecule has 1 aliphatic heterocycles. The highest BCUT2D eigenvalue weighted by molar-refractivity contribution is 5.66. The number of aliphatic carboxylic acids is 1. The van der Waals surface area contributed by atoms with Gasteiger partial charge in [0, 0.05) is 18.4 Å². The van der Waals surface area contributed by atoms with Crippen LogP contribution in [0.2, 0.25) is 0 Å². The Labute approximate surface area is 211 Å². The molecule has 3 unspecified atom stereocenters. The third-order valence-electron chi connectivity index (χ3n) is 7.89. The Hall–Kier alpha value is -2.43. The Kier molecular flexibility index (Phi) is 9.56. The van der Waals surface area contributed by atoms with Gasteiger partial charge in [0.15, 0.2) is 0 Å². The molecule has 1 aliphatic carbocycles. The van der Waals surface area contributed by atoms with Crippen LogP contribution in [0.15, 0.2) is 66.7 Å². The molecular weight excluding hydrogens is 434 g/mol. The number of piperidine rings is 1. The highest BCUT2D eigenvalue weighted by Gasteiger charge is 2.40. The summed E-state index contributed by atoms with van der Waals surface area (Å²) in [6, 6.07) is 19.9. The monoisotopic (exact) mass is 475 g/mol. The summed E-state index contributed by atoms with van der Waals surface area (Å²) in [4.78, 5) is 13.5. The molecule has 1 N–H and O–H groups in total. The average molecular weight is 476 g/mol. The van der Waals surface area contributed by atoms with Gasteiger partial charge in [-0.15, -0.1) is 0 Å². The molecule has 0 bridgehead atoms. The fourth-order valence-electron chi connectivity index (χ4n) is 5.77. The van der Waals surface area contributed by atoms with Gasteiger partial charge in [-0.1, -0.05) is 73.7 Å². The Morgan fingerprint density at radius 1 is 0.943 bits per heavy atom. The van der Waals surface area contributed by atoms with Gasteiger partial charge in [-0.05, 0) is 80.6 Å². The van der Waals surface area contributed by atoms with E-state index in [0.717, 1.165) is 25.2 Å². The van der Waals surface area contributed by atoms with Crippen LogP contribution in [0, 0.1) is 11.8 Å². The van der Waals surface area contributed by atoms with Crippen LogP contribution in [0.5, 0.6) is 0 Å². The second kappa shape index (κ2) is 13.0. The summed E-state index contributed by atoms with van der Waals surface area (Å²) < 4.78 is 6.57. The lowest BCUT2D eigenvalue weighted by Gasteiger charge is -2.38. The van der Waals surface area contributed by atoms with E-state index < -0.39 is 5.97 Å². The smallest absolute Gasteiger partial charge is 0.303 e.